The van der Waals surface area contributed by atoms with Gasteiger partial charge in [0.05, 0.1) is 13.0 Å². The van der Waals surface area contributed by atoms with Gasteiger partial charge < -0.3 is 9.15 Å². The van der Waals surface area contributed by atoms with Gasteiger partial charge in [0.2, 0.25) is 11.8 Å². The predicted octanol–water partition coefficient (Wildman–Crippen LogP) is 3.97. The lowest BCUT2D eigenvalue weighted by Gasteiger charge is -2.06. The molecule has 0 fully saturated rings. The second-order valence-corrected chi connectivity index (χ2v) is 5.21. The van der Waals surface area contributed by atoms with Crippen LogP contribution in [0.2, 0.25) is 0 Å². The monoisotopic (exact) mass is 294 g/mol. The third-order valence-electron chi connectivity index (χ3n) is 3.55. The number of aryl methyl sites for hydroxylation is 2. The van der Waals surface area contributed by atoms with Gasteiger partial charge in [0.15, 0.2) is 0 Å². The van der Waals surface area contributed by atoms with Crippen LogP contribution in [0.1, 0.15) is 17.0 Å². The van der Waals surface area contributed by atoms with Crippen LogP contribution in [0.3, 0.4) is 0 Å². The third kappa shape index (κ3) is 3.34. The van der Waals surface area contributed by atoms with Crippen LogP contribution in [0.5, 0.6) is 5.75 Å². The van der Waals surface area contributed by atoms with Crippen LogP contribution in [0.15, 0.2) is 52.9 Å². The Bertz CT molecular complexity index is 751. The van der Waals surface area contributed by atoms with Crippen molar-refractivity contribution >= 4 is 0 Å². The quantitative estimate of drug-likeness (QED) is 0.714. The minimum absolute atomic E-state index is 0.513. The van der Waals surface area contributed by atoms with Gasteiger partial charge in [-0.05, 0) is 49.2 Å². The highest BCUT2D eigenvalue weighted by Crippen LogP contribution is 2.18. The van der Waals surface area contributed by atoms with Crippen LogP contribution in [0, 0.1) is 13.8 Å². The first-order valence-corrected chi connectivity index (χ1v) is 7.30. The summed E-state index contributed by atoms with van der Waals surface area (Å²) in [6.45, 7) is 4.67. The maximum absolute atomic E-state index is 5.73. The van der Waals surface area contributed by atoms with Crippen molar-refractivity contribution < 1.29 is 9.15 Å². The van der Waals surface area contributed by atoms with Crippen molar-refractivity contribution in [2.24, 2.45) is 0 Å². The van der Waals surface area contributed by atoms with E-state index in [2.05, 4.69) is 30.1 Å². The fraction of sp³-hybridized carbons (Fsp3) is 0.222. The van der Waals surface area contributed by atoms with E-state index in [-0.39, 0.29) is 0 Å². The average Bonchev–Trinajstić information content (AvgIpc) is 3.01. The van der Waals surface area contributed by atoms with Gasteiger partial charge in [-0.15, -0.1) is 10.2 Å². The van der Waals surface area contributed by atoms with Gasteiger partial charge in [0.1, 0.15) is 5.75 Å². The van der Waals surface area contributed by atoms with Gasteiger partial charge in [-0.2, -0.15) is 0 Å². The molecule has 0 aliphatic rings. The molecule has 0 saturated heterocycles. The molecule has 4 nitrogen and oxygen atoms in total. The predicted molar refractivity (Wildman–Crippen MR) is 84.8 cm³/mol. The molecule has 0 aliphatic heterocycles. The molecule has 3 aromatic rings. The normalized spacial score (nSPS) is 10.6. The van der Waals surface area contributed by atoms with E-state index < -0.39 is 0 Å². The van der Waals surface area contributed by atoms with Gasteiger partial charge in [0, 0.05) is 5.56 Å². The lowest BCUT2D eigenvalue weighted by molar-refractivity contribution is 0.306. The van der Waals surface area contributed by atoms with Crippen molar-refractivity contribution in [3.05, 3.63) is 65.5 Å². The van der Waals surface area contributed by atoms with E-state index in [0.717, 1.165) is 11.3 Å². The number of benzene rings is 2. The molecule has 0 atom stereocenters. The summed E-state index contributed by atoms with van der Waals surface area (Å²) in [5, 5.41) is 8.12. The second kappa shape index (κ2) is 6.43. The summed E-state index contributed by atoms with van der Waals surface area (Å²) in [5.74, 6) is 2.00. The zero-order valence-electron chi connectivity index (χ0n) is 12.7. The molecule has 0 spiro atoms. The van der Waals surface area contributed by atoms with Gasteiger partial charge in [0.25, 0.3) is 0 Å². The van der Waals surface area contributed by atoms with E-state index in [0.29, 0.717) is 24.8 Å². The third-order valence-corrected chi connectivity index (χ3v) is 3.55. The molecule has 0 aliphatic carbocycles. The second-order valence-electron chi connectivity index (χ2n) is 5.21. The minimum atomic E-state index is 0.513. The fourth-order valence-corrected chi connectivity index (χ4v) is 2.11. The standard InChI is InChI=1S/C18H18N2O2/c1-13-8-9-16(12-14(13)2)21-11-10-17-19-20-18(22-17)15-6-4-3-5-7-15/h3-9,12H,10-11H2,1-2H3. The van der Waals surface area contributed by atoms with Crippen LogP contribution >= 0.6 is 0 Å². The maximum atomic E-state index is 5.73. The molecule has 1 heterocycles. The van der Waals surface area contributed by atoms with Crippen molar-refractivity contribution in [2.75, 3.05) is 6.61 Å². The first-order chi connectivity index (χ1) is 10.7. The van der Waals surface area contributed by atoms with E-state index in [1.807, 2.05) is 42.5 Å². The minimum Gasteiger partial charge on any atom is -0.493 e. The summed E-state index contributed by atoms with van der Waals surface area (Å²) < 4.78 is 11.4. The Labute approximate surface area is 129 Å². The number of aromatic nitrogens is 2. The first kappa shape index (κ1) is 14.3. The molecular formula is C18H18N2O2. The van der Waals surface area contributed by atoms with Crippen LogP contribution in [0.25, 0.3) is 11.5 Å². The summed E-state index contributed by atoms with van der Waals surface area (Å²) >= 11 is 0. The molecule has 0 unspecified atom stereocenters. The Balaban J connectivity index is 1.58. The Morgan fingerprint density at radius 2 is 1.77 bits per heavy atom. The lowest BCUT2D eigenvalue weighted by atomic mass is 10.1. The number of hydrogen-bond donors (Lipinski definition) is 0. The van der Waals surface area contributed by atoms with Crippen molar-refractivity contribution in [1.82, 2.24) is 10.2 Å². The summed E-state index contributed by atoms with van der Waals surface area (Å²) in [5.41, 5.74) is 3.41. The van der Waals surface area contributed by atoms with Crippen molar-refractivity contribution in [1.29, 1.82) is 0 Å². The SMILES string of the molecule is Cc1ccc(OCCc2nnc(-c3ccccc3)o2)cc1C. The van der Waals surface area contributed by atoms with E-state index in [9.17, 15) is 0 Å². The van der Waals surface area contributed by atoms with E-state index in [1.54, 1.807) is 0 Å². The van der Waals surface area contributed by atoms with Crippen molar-refractivity contribution in [3.63, 3.8) is 0 Å². The highest BCUT2D eigenvalue weighted by Gasteiger charge is 2.08. The summed E-state index contributed by atoms with van der Waals surface area (Å²) in [6, 6.07) is 15.8. The molecular weight excluding hydrogens is 276 g/mol. The van der Waals surface area contributed by atoms with E-state index >= 15 is 0 Å². The van der Waals surface area contributed by atoms with E-state index in [4.69, 9.17) is 9.15 Å². The molecule has 0 radical (unpaired) electrons. The summed E-state index contributed by atoms with van der Waals surface area (Å²) in [6.07, 6.45) is 0.590. The number of nitrogens with zero attached hydrogens (tertiary/aromatic N) is 2. The Morgan fingerprint density at radius 3 is 2.55 bits per heavy atom. The lowest BCUT2D eigenvalue weighted by Crippen LogP contribution is -2.02. The van der Waals surface area contributed by atoms with Crippen LogP contribution in [-0.2, 0) is 6.42 Å². The number of rotatable bonds is 5. The Hall–Kier alpha value is -2.62. The Morgan fingerprint density at radius 1 is 0.955 bits per heavy atom. The molecule has 0 amide bonds. The van der Waals surface area contributed by atoms with Gasteiger partial charge >= 0.3 is 0 Å². The summed E-state index contributed by atoms with van der Waals surface area (Å²) in [4.78, 5) is 0. The largest absolute Gasteiger partial charge is 0.493 e. The van der Waals surface area contributed by atoms with Crippen molar-refractivity contribution in [3.8, 4) is 17.2 Å². The van der Waals surface area contributed by atoms with Crippen LogP contribution in [-0.4, -0.2) is 16.8 Å². The molecule has 0 bridgehead atoms. The molecule has 2 aromatic carbocycles. The topological polar surface area (TPSA) is 48.2 Å². The first-order valence-electron chi connectivity index (χ1n) is 7.30. The van der Waals surface area contributed by atoms with Gasteiger partial charge in [-0.25, -0.2) is 0 Å². The number of ether oxygens (including phenoxy) is 1. The van der Waals surface area contributed by atoms with Gasteiger partial charge in [-0.1, -0.05) is 24.3 Å². The molecule has 0 N–H and O–H groups in total. The van der Waals surface area contributed by atoms with Gasteiger partial charge in [-0.3, -0.25) is 0 Å². The van der Waals surface area contributed by atoms with Crippen LogP contribution in [0.4, 0.5) is 0 Å². The smallest absolute Gasteiger partial charge is 0.247 e. The average molecular weight is 294 g/mol. The molecule has 1 aromatic heterocycles. The van der Waals surface area contributed by atoms with Crippen LogP contribution < -0.4 is 4.74 Å². The summed E-state index contributed by atoms with van der Waals surface area (Å²) in [7, 11) is 0. The molecule has 112 valence electrons. The maximum Gasteiger partial charge on any atom is 0.247 e. The highest BCUT2D eigenvalue weighted by molar-refractivity contribution is 5.51. The fourth-order valence-electron chi connectivity index (χ4n) is 2.11. The zero-order valence-corrected chi connectivity index (χ0v) is 12.7. The zero-order chi connectivity index (χ0) is 15.4. The highest BCUT2D eigenvalue weighted by atomic mass is 16.5. The molecule has 4 heteroatoms. The van der Waals surface area contributed by atoms with E-state index in [1.165, 1.54) is 11.1 Å². The molecule has 3 rings (SSSR count). The molecule has 0 saturated carbocycles. The number of hydrogen-bond acceptors (Lipinski definition) is 4. The van der Waals surface area contributed by atoms with Crippen molar-refractivity contribution in [2.45, 2.75) is 20.3 Å². The molecule has 22 heavy (non-hydrogen) atoms. The Kier molecular flexibility index (Phi) is 4.19.